The van der Waals surface area contributed by atoms with E-state index in [1.807, 2.05) is 0 Å². The standard InChI is InChI=1S/C19H29N3O6/c1-19(2,3)28-18(24)20-12-15(23)13-21-10-8-17(9-11-21)27-16-6-4-14(5-7-16)22(25)26/h4-7,15,17,23H,8-13H2,1-3H3,(H,20,24). The quantitative estimate of drug-likeness (QED) is 0.538. The Kier molecular flexibility index (Phi) is 7.59. The van der Waals surface area contributed by atoms with Crippen LogP contribution >= 0.6 is 0 Å². The first-order valence-corrected chi connectivity index (χ1v) is 9.41. The van der Waals surface area contributed by atoms with Gasteiger partial charge in [0.2, 0.25) is 0 Å². The van der Waals surface area contributed by atoms with Gasteiger partial charge in [-0.25, -0.2) is 4.79 Å². The van der Waals surface area contributed by atoms with Crippen LogP contribution in [0.5, 0.6) is 5.75 Å². The van der Waals surface area contributed by atoms with Crippen LogP contribution in [0.4, 0.5) is 10.5 Å². The number of hydrogen-bond acceptors (Lipinski definition) is 7. The van der Waals surface area contributed by atoms with E-state index in [-0.39, 0.29) is 18.3 Å². The van der Waals surface area contributed by atoms with E-state index in [1.165, 1.54) is 12.1 Å². The fraction of sp³-hybridized carbons (Fsp3) is 0.632. The zero-order chi connectivity index (χ0) is 20.7. The van der Waals surface area contributed by atoms with E-state index >= 15 is 0 Å². The number of nitro groups is 1. The molecule has 1 amide bonds. The number of ether oxygens (including phenoxy) is 2. The van der Waals surface area contributed by atoms with Crippen molar-refractivity contribution in [3.8, 4) is 5.75 Å². The molecule has 1 atom stereocenters. The average Bonchev–Trinajstić information content (AvgIpc) is 2.61. The molecule has 9 heteroatoms. The van der Waals surface area contributed by atoms with Gasteiger partial charge in [-0.3, -0.25) is 10.1 Å². The number of piperidine rings is 1. The monoisotopic (exact) mass is 395 g/mol. The van der Waals surface area contributed by atoms with Gasteiger partial charge in [0.05, 0.1) is 11.0 Å². The number of likely N-dealkylation sites (tertiary alicyclic amines) is 1. The molecule has 9 nitrogen and oxygen atoms in total. The maximum atomic E-state index is 11.6. The highest BCUT2D eigenvalue weighted by molar-refractivity contribution is 5.67. The molecule has 1 aromatic rings. The number of non-ortho nitro benzene ring substituents is 1. The van der Waals surface area contributed by atoms with Gasteiger partial charge in [-0.2, -0.15) is 0 Å². The molecule has 1 aromatic carbocycles. The van der Waals surface area contributed by atoms with E-state index < -0.39 is 22.7 Å². The average molecular weight is 395 g/mol. The lowest BCUT2D eigenvalue weighted by molar-refractivity contribution is -0.384. The number of amides is 1. The first kappa shape index (κ1) is 21.9. The van der Waals surface area contributed by atoms with E-state index in [2.05, 4.69) is 10.2 Å². The molecule has 0 saturated carbocycles. The number of β-amino-alcohol motifs (C(OH)–C–C–N with tert-alkyl or cyclic N) is 1. The van der Waals surface area contributed by atoms with Crippen LogP contribution in [-0.4, -0.2) is 65.0 Å². The molecule has 0 bridgehead atoms. The Morgan fingerprint density at radius 3 is 2.46 bits per heavy atom. The minimum absolute atomic E-state index is 0.0368. The molecule has 156 valence electrons. The molecule has 28 heavy (non-hydrogen) atoms. The predicted octanol–water partition coefficient (Wildman–Crippen LogP) is 2.32. The number of benzene rings is 1. The van der Waals surface area contributed by atoms with E-state index in [0.717, 1.165) is 25.9 Å². The summed E-state index contributed by atoms with van der Waals surface area (Å²) in [4.78, 5) is 24.0. The van der Waals surface area contributed by atoms with Gasteiger partial charge in [0.15, 0.2) is 0 Å². The third kappa shape index (κ3) is 7.69. The summed E-state index contributed by atoms with van der Waals surface area (Å²) in [7, 11) is 0. The van der Waals surface area contributed by atoms with Crippen molar-refractivity contribution < 1.29 is 24.3 Å². The number of nitro benzene ring substituents is 1. The fourth-order valence-corrected chi connectivity index (χ4v) is 2.93. The smallest absolute Gasteiger partial charge is 0.407 e. The minimum Gasteiger partial charge on any atom is -0.490 e. The topological polar surface area (TPSA) is 114 Å². The van der Waals surface area contributed by atoms with Crippen molar-refractivity contribution in [1.82, 2.24) is 10.2 Å². The minimum atomic E-state index is -0.681. The molecule has 1 fully saturated rings. The Hall–Kier alpha value is -2.39. The number of aliphatic hydroxyl groups is 1. The number of alkyl carbamates (subject to hydrolysis) is 1. The van der Waals surface area contributed by atoms with Crippen molar-refractivity contribution in [3.63, 3.8) is 0 Å². The van der Waals surface area contributed by atoms with Crippen molar-refractivity contribution >= 4 is 11.8 Å². The van der Waals surface area contributed by atoms with Crippen molar-refractivity contribution in [2.75, 3.05) is 26.2 Å². The van der Waals surface area contributed by atoms with Crippen molar-refractivity contribution in [2.24, 2.45) is 0 Å². The van der Waals surface area contributed by atoms with Gasteiger partial charge in [-0.05, 0) is 45.7 Å². The summed E-state index contributed by atoms with van der Waals surface area (Å²) in [6.45, 7) is 7.47. The summed E-state index contributed by atoms with van der Waals surface area (Å²) in [6.07, 6.45) is 0.406. The first-order valence-electron chi connectivity index (χ1n) is 9.41. The molecule has 0 spiro atoms. The Bertz CT molecular complexity index is 651. The molecule has 1 heterocycles. The number of rotatable bonds is 7. The van der Waals surface area contributed by atoms with Gasteiger partial charge in [-0.15, -0.1) is 0 Å². The summed E-state index contributed by atoms with van der Waals surface area (Å²) in [5.41, 5.74) is -0.531. The Morgan fingerprint density at radius 2 is 1.93 bits per heavy atom. The maximum Gasteiger partial charge on any atom is 0.407 e. The molecule has 2 rings (SSSR count). The second kappa shape index (κ2) is 9.70. The number of carbonyl (C=O) groups is 1. The second-order valence-corrected chi connectivity index (χ2v) is 7.91. The van der Waals surface area contributed by atoms with Gasteiger partial charge >= 0.3 is 6.09 Å². The number of hydrogen-bond donors (Lipinski definition) is 2. The third-order valence-electron chi connectivity index (χ3n) is 4.23. The zero-order valence-electron chi connectivity index (χ0n) is 16.6. The van der Waals surface area contributed by atoms with Crippen LogP contribution in [0, 0.1) is 10.1 Å². The number of nitrogens with zero attached hydrogens (tertiary/aromatic N) is 2. The molecule has 1 unspecified atom stereocenters. The van der Waals surface area contributed by atoms with Crippen LogP contribution < -0.4 is 10.1 Å². The summed E-state index contributed by atoms with van der Waals surface area (Å²) in [6, 6.07) is 6.07. The van der Waals surface area contributed by atoms with Crippen molar-refractivity contribution in [2.45, 2.75) is 51.4 Å². The van der Waals surface area contributed by atoms with Gasteiger partial charge < -0.3 is 24.8 Å². The summed E-state index contributed by atoms with van der Waals surface area (Å²) < 4.78 is 11.0. The summed E-state index contributed by atoms with van der Waals surface area (Å²) in [5.74, 6) is 0.616. The highest BCUT2D eigenvalue weighted by atomic mass is 16.6. The van der Waals surface area contributed by atoms with Crippen LogP contribution in [0.15, 0.2) is 24.3 Å². The molecule has 1 saturated heterocycles. The van der Waals surface area contributed by atoms with Crippen molar-refractivity contribution in [1.29, 1.82) is 0 Å². The van der Waals surface area contributed by atoms with E-state index in [9.17, 15) is 20.0 Å². The molecule has 1 aliphatic heterocycles. The lowest BCUT2D eigenvalue weighted by atomic mass is 10.1. The van der Waals surface area contributed by atoms with Crippen molar-refractivity contribution in [3.05, 3.63) is 34.4 Å². The predicted molar refractivity (Wildman–Crippen MR) is 103 cm³/mol. The Morgan fingerprint density at radius 1 is 1.32 bits per heavy atom. The van der Waals surface area contributed by atoms with E-state index in [1.54, 1.807) is 32.9 Å². The van der Waals surface area contributed by atoms with Gasteiger partial charge in [0.25, 0.3) is 5.69 Å². The van der Waals surface area contributed by atoms with E-state index in [4.69, 9.17) is 9.47 Å². The van der Waals surface area contributed by atoms with E-state index in [0.29, 0.717) is 12.3 Å². The molecular weight excluding hydrogens is 366 g/mol. The van der Waals surface area contributed by atoms with Crippen LogP contribution in [0.2, 0.25) is 0 Å². The van der Waals surface area contributed by atoms with Crippen LogP contribution in [0.1, 0.15) is 33.6 Å². The highest BCUT2D eigenvalue weighted by Gasteiger charge is 2.23. The third-order valence-corrected chi connectivity index (χ3v) is 4.23. The summed E-state index contributed by atoms with van der Waals surface area (Å²) >= 11 is 0. The van der Waals surface area contributed by atoms with Crippen LogP contribution in [0.25, 0.3) is 0 Å². The first-order chi connectivity index (χ1) is 13.1. The maximum absolute atomic E-state index is 11.6. The van der Waals surface area contributed by atoms with Gasteiger partial charge in [0.1, 0.15) is 17.5 Å². The van der Waals surface area contributed by atoms with Crippen LogP contribution in [-0.2, 0) is 4.74 Å². The van der Waals surface area contributed by atoms with Gasteiger partial charge in [0, 0.05) is 38.3 Å². The van der Waals surface area contributed by atoms with Crippen LogP contribution in [0.3, 0.4) is 0 Å². The fourth-order valence-electron chi connectivity index (χ4n) is 2.93. The molecule has 1 aliphatic rings. The van der Waals surface area contributed by atoms with Gasteiger partial charge in [-0.1, -0.05) is 0 Å². The Balaban J connectivity index is 1.67. The number of nitrogens with one attached hydrogen (secondary N) is 1. The lowest BCUT2D eigenvalue weighted by Gasteiger charge is -2.33. The molecule has 0 aromatic heterocycles. The molecule has 0 aliphatic carbocycles. The molecule has 0 radical (unpaired) electrons. The SMILES string of the molecule is CC(C)(C)OC(=O)NCC(O)CN1CCC(Oc2ccc([N+](=O)[O-])cc2)CC1. The lowest BCUT2D eigenvalue weighted by Crippen LogP contribution is -2.45. The summed E-state index contributed by atoms with van der Waals surface area (Å²) in [5, 5.41) is 23.4. The zero-order valence-corrected chi connectivity index (χ0v) is 16.6. The number of aliphatic hydroxyl groups excluding tert-OH is 1. The molecular formula is C19H29N3O6. The Labute approximate surface area is 164 Å². The second-order valence-electron chi connectivity index (χ2n) is 7.91. The molecule has 2 N–H and O–H groups in total. The largest absolute Gasteiger partial charge is 0.490 e. The number of carbonyl (C=O) groups excluding carboxylic acids is 1. The normalized spacial score (nSPS) is 17.0. The highest BCUT2D eigenvalue weighted by Crippen LogP contribution is 2.22.